The summed E-state index contributed by atoms with van der Waals surface area (Å²) in [5.41, 5.74) is 8.68. The summed E-state index contributed by atoms with van der Waals surface area (Å²) in [6.45, 7) is 4.02. The summed E-state index contributed by atoms with van der Waals surface area (Å²) >= 11 is 0. The van der Waals surface area contributed by atoms with Gasteiger partial charge in [0.1, 0.15) is 0 Å². The second kappa shape index (κ2) is 4.82. The van der Waals surface area contributed by atoms with Crippen molar-refractivity contribution in [3.05, 3.63) is 47.8 Å². The number of hydrogen-bond acceptors (Lipinski definition) is 4. The minimum absolute atomic E-state index is 0.126. The Labute approximate surface area is 101 Å². The molecule has 0 radical (unpaired) electrons. The van der Waals surface area contributed by atoms with Crippen molar-refractivity contribution in [2.75, 3.05) is 11.1 Å². The van der Waals surface area contributed by atoms with Gasteiger partial charge in [-0.05, 0) is 37.1 Å². The minimum Gasteiger partial charge on any atom is -0.399 e. The fourth-order valence-electron chi connectivity index (χ4n) is 1.57. The summed E-state index contributed by atoms with van der Waals surface area (Å²) in [5.74, 6) is 0.630. The third-order valence-electron chi connectivity index (χ3n) is 2.54. The monoisotopic (exact) mass is 228 g/mol. The SMILES string of the molecule is Cc1cnc(NC(C)c2cccc(N)c2)nc1. The average molecular weight is 228 g/mol. The van der Waals surface area contributed by atoms with Gasteiger partial charge >= 0.3 is 0 Å². The van der Waals surface area contributed by atoms with Crippen LogP contribution in [0.4, 0.5) is 11.6 Å². The molecule has 0 amide bonds. The highest BCUT2D eigenvalue weighted by Gasteiger charge is 2.06. The van der Waals surface area contributed by atoms with Gasteiger partial charge in [0.2, 0.25) is 5.95 Å². The molecule has 2 aromatic rings. The van der Waals surface area contributed by atoms with Gasteiger partial charge in [-0.1, -0.05) is 12.1 Å². The highest BCUT2D eigenvalue weighted by atomic mass is 15.1. The number of anilines is 2. The lowest BCUT2D eigenvalue weighted by Crippen LogP contribution is -2.09. The zero-order chi connectivity index (χ0) is 12.3. The standard InChI is InChI=1S/C13H16N4/c1-9-7-15-13(16-8-9)17-10(2)11-4-3-5-12(14)6-11/h3-8,10H,14H2,1-2H3,(H,15,16,17). The highest BCUT2D eigenvalue weighted by molar-refractivity contribution is 5.43. The molecular weight excluding hydrogens is 212 g/mol. The molecule has 0 aliphatic carbocycles. The van der Waals surface area contributed by atoms with Gasteiger partial charge < -0.3 is 11.1 Å². The molecule has 3 N–H and O–H groups in total. The van der Waals surface area contributed by atoms with Crippen LogP contribution >= 0.6 is 0 Å². The predicted molar refractivity (Wildman–Crippen MR) is 69.7 cm³/mol. The van der Waals surface area contributed by atoms with Crippen molar-refractivity contribution in [2.45, 2.75) is 19.9 Å². The van der Waals surface area contributed by atoms with Crippen LogP contribution in [0, 0.1) is 6.92 Å². The van der Waals surface area contributed by atoms with Gasteiger partial charge in [-0.2, -0.15) is 0 Å². The molecule has 2 rings (SSSR count). The molecule has 0 saturated heterocycles. The number of nitrogens with zero attached hydrogens (tertiary/aromatic N) is 2. The summed E-state index contributed by atoms with van der Waals surface area (Å²) in [4.78, 5) is 8.43. The summed E-state index contributed by atoms with van der Waals surface area (Å²) < 4.78 is 0. The largest absolute Gasteiger partial charge is 0.399 e. The zero-order valence-electron chi connectivity index (χ0n) is 10.0. The van der Waals surface area contributed by atoms with E-state index in [1.807, 2.05) is 31.2 Å². The van der Waals surface area contributed by atoms with Crippen molar-refractivity contribution in [1.29, 1.82) is 0 Å². The molecule has 0 spiro atoms. The predicted octanol–water partition coefficient (Wildman–Crippen LogP) is 2.54. The van der Waals surface area contributed by atoms with Crippen molar-refractivity contribution >= 4 is 11.6 Å². The lowest BCUT2D eigenvalue weighted by molar-refractivity contribution is 0.859. The number of aryl methyl sites for hydroxylation is 1. The first-order chi connectivity index (χ1) is 8.15. The molecule has 0 bridgehead atoms. The zero-order valence-corrected chi connectivity index (χ0v) is 10.0. The molecule has 1 aromatic heterocycles. The van der Waals surface area contributed by atoms with Gasteiger partial charge in [0, 0.05) is 18.1 Å². The third-order valence-corrected chi connectivity index (χ3v) is 2.54. The van der Waals surface area contributed by atoms with Crippen molar-refractivity contribution in [3.8, 4) is 0 Å². The minimum atomic E-state index is 0.126. The Kier molecular flexibility index (Phi) is 3.23. The van der Waals surface area contributed by atoms with Gasteiger partial charge in [-0.25, -0.2) is 9.97 Å². The van der Waals surface area contributed by atoms with E-state index in [0.29, 0.717) is 5.95 Å². The van der Waals surface area contributed by atoms with E-state index in [-0.39, 0.29) is 6.04 Å². The van der Waals surface area contributed by atoms with E-state index in [2.05, 4.69) is 22.2 Å². The summed E-state index contributed by atoms with van der Waals surface area (Å²) in [6, 6.07) is 7.92. The Bertz CT molecular complexity index is 493. The first-order valence-corrected chi connectivity index (χ1v) is 5.56. The Morgan fingerprint density at radius 3 is 2.59 bits per heavy atom. The first kappa shape index (κ1) is 11.4. The number of nitrogens with one attached hydrogen (secondary N) is 1. The molecule has 0 saturated carbocycles. The van der Waals surface area contributed by atoms with E-state index in [0.717, 1.165) is 16.8 Å². The number of hydrogen-bond donors (Lipinski definition) is 2. The van der Waals surface area contributed by atoms with E-state index in [1.54, 1.807) is 12.4 Å². The molecule has 0 aliphatic rings. The number of nitrogen functional groups attached to an aromatic ring is 1. The molecule has 4 heteroatoms. The molecule has 0 aliphatic heterocycles. The number of rotatable bonds is 3. The van der Waals surface area contributed by atoms with Gasteiger partial charge in [0.25, 0.3) is 0 Å². The summed E-state index contributed by atoms with van der Waals surface area (Å²) in [5, 5.41) is 3.23. The maximum atomic E-state index is 5.75. The Hall–Kier alpha value is -2.10. The van der Waals surface area contributed by atoms with E-state index >= 15 is 0 Å². The Balaban J connectivity index is 2.11. The molecule has 1 aromatic carbocycles. The lowest BCUT2D eigenvalue weighted by Gasteiger charge is -2.14. The first-order valence-electron chi connectivity index (χ1n) is 5.56. The molecule has 0 fully saturated rings. The van der Waals surface area contributed by atoms with Crippen LogP contribution in [-0.2, 0) is 0 Å². The van der Waals surface area contributed by atoms with Crippen LogP contribution in [-0.4, -0.2) is 9.97 Å². The number of nitrogens with two attached hydrogens (primary N) is 1. The van der Waals surface area contributed by atoms with E-state index < -0.39 is 0 Å². The molecule has 1 heterocycles. The van der Waals surface area contributed by atoms with E-state index in [4.69, 9.17) is 5.73 Å². The van der Waals surface area contributed by atoms with Crippen LogP contribution < -0.4 is 11.1 Å². The number of aromatic nitrogens is 2. The molecular formula is C13H16N4. The molecule has 1 unspecified atom stereocenters. The topological polar surface area (TPSA) is 63.8 Å². The second-order valence-electron chi connectivity index (χ2n) is 4.12. The van der Waals surface area contributed by atoms with Gasteiger partial charge in [-0.15, -0.1) is 0 Å². The van der Waals surface area contributed by atoms with E-state index in [9.17, 15) is 0 Å². The molecule has 1 atom stereocenters. The van der Waals surface area contributed by atoms with Crippen molar-refractivity contribution < 1.29 is 0 Å². The van der Waals surface area contributed by atoms with Crippen molar-refractivity contribution in [3.63, 3.8) is 0 Å². The number of benzene rings is 1. The van der Waals surface area contributed by atoms with Crippen molar-refractivity contribution in [2.24, 2.45) is 0 Å². The van der Waals surface area contributed by atoms with Crippen LogP contribution in [0.15, 0.2) is 36.7 Å². The van der Waals surface area contributed by atoms with Gasteiger partial charge in [-0.3, -0.25) is 0 Å². The quantitative estimate of drug-likeness (QED) is 0.792. The van der Waals surface area contributed by atoms with Crippen LogP contribution in [0.5, 0.6) is 0 Å². The normalized spacial score (nSPS) is 12.1. The van der Waals surface area contributed by atoms with Crippen LogP contribution in [0.1, 0.15) is 24.1 Å². The third kappa shape index (κ3) is 2.93. The maximum absolute atomic E-state index is 5.75. The smallest absolute Gasteiger partial charge is 0.223 e. The maximum Gasteiger partial charge on any atom is 0.223 e. The molecule has 88 valence electrons. The second-order valence-corrected chi connectivity index (χ2v) is 4.12. The van der Waals surface area contributed by atoms with Crippen LogP contribution in [0.2, 0.25) is 0 Å². The fraction of sp³-hybridized carbons (Fsp3) is 0.231. The lowest BCUT2D eigenvalue weighted by atomic mass is 10.1. The van der Waals surface area contributed by atoms with Gasteiger partial charge in [0.05, 0.1) is 6.04 Å². The highest BCUT2D eigenvalue weighted by Crippen LogP contribution is 2.18. The Morgan fingerprint density at radius 1 is 1.24 bits per heavy atom. The summed E-state index contributed by atoms with van der Waals surface area (Å²) in [7, 11) is 0. The summed E-state index contributed by atoms with van der Waals surface area (Å²) in [6.07, 6.45) is 3.59. The Morgan fingerprint density at radius 2 is 1.94 bits per heavy atom. The van der Waals surface area contributed by atoms with Crippen LogP contribution in [0.3, 0.4) is 0 Å². The van der Waals surface area contributed by atoms with E-state index in [1.165, 1.54) is 0 Å². The van der Waals surface area contributed by atoms with Crippen LogP contribution in [0.25, 0.3) is 0 Å². The molecule has 17 heavy (non-hydrogen) atoms. The van der Waals surface area contributed by atoms with Gasteiger partial charge in [0.15, 0.2) is 0 Å². The van der Waals surface area contributed by atoms with Crippen molar-refractivity contribution in [1.82, 2.24) is 9.97 Å². The fourth-order valence-corrected chi connectivity index (χ4v) is 1.57. The molecule has 4 nitrogen and oxygen atoms in total. The average Bonchev–Trinajstić information content (AvgIpc) is 2.32.